The second-order valence-corrected chi connectivity index (χ2v) is 4.79. The Labute approximate surface area is 99.8 Å². The van der Waals surface area contributed by atoms with Gasteiger partial charge in [0.1, 0.15) is 5.60 Å². The molecule has 6 nitrogen and oxygen atoms in total. The van der Waals surface area contributed by atoms with Crippen LogP contribution in [0.5, 0.6) is 0 Å². The van der Waals surface area contributed by atoms with Crippen LogP contribution in [0.3, 0.4) is 0 Å². The third-order valence-corrected chi connectivity index (χ3v) is 1.62. The molecule has 0 heterocycles. The van der Waals surface area contributed by atoms with Crippen LogP contribution in [-0.2, 0) is 19.4 Å². The molecule has 0 fully saturated rings. The van der Waals surface area contributed by atoms with Crippen LogP contribution in [0.25, 0.3) is 0 Å². The van der Waals surface area contributed by atoms with Crippen LogP contribution >= 0.6 is 0 Å². The summed E-state index contributed by atoms with van der Waals surface area (Å²) in [6.45, 7) is 8.09. The Hall–Kier alpha value is -1.56. The zero-order valence-electron chi connectivity index (χ0n) is 10.6. The molecule has 0 aliphatic rings. The highest BCUT2D eigenvalue weighted by Gasteiger charge is 2.27. The fourth-order valence-electron chi connectivity index (χ4n) is 0.969. The Morgan fingerprint density at radius 2 is 1.53 bits per heavy atom. The molecule has 17 heavy (non-hydrogen) atoms. The topological polar surface area (TPSA) is 93.1 Å². The quantitative estimate of drug-likeness (QED) is 0.332. The molecule has 0 spiro atoms. The molecule has 0 rings (SSSR count). The molecule has 0 radical (unpaired) electrons. The molecule has 0 atom stereocenters. The van der Waals surface area contributed by atoms with Crippen LogP contribution in [0.4, 0.5) is 0 Å². The molecule has 0 saturated carbocycles. The maximum Gasteiger partial charge on any atom is 0.375 e. The first-order chi connectivity index (χ1) is 7.56. The number of carbonyl (C=O) groups is 2. The molecule has 0 bridgehead atoms. The van der Waals surface area contributed by atoms with Gasteiger partial charge in [-0.05, 0) is 26.7 Å². The van der Waals surface area contributed by atoms with E-state index in [0.29, 0.717) is 0 Å². The third kappa shape index (κ3) is 5.35. The molecule has 0 aliphatic carbocycles. The van der Waals surface area contributed by atoms with E-state index in [1.807, 2.05) is 0 Å². The monoisotopic (exact) mass is 246 g/mol. The summed E-state index contributed by atoms with van der Waals surface area (Å²) in [5, 5.41) is 17.8. The van der Waals surface area contributed by atoms with Crippen LogP contribution in [0.2, 0.25) is 0 Å². The lowest BCUT2D eigenvalue weighted by Crippen LogP contribution is -2.24. The van der Waals surface area contributed by atoms with E-state index in [-0.39, 0.29) is 5.57 Å². The van der Waals surface area contributed by atoms with E-state index in [2.05, 4.69) is 4.89 Å². The van der Waals surface area contributed by atoms with Gasteiger partial charge in [0, 0.05) is 0 Å². The van der Waals surface area contributed by atoms with Gasteiger partial charge < -0.3 is 15.1 Å². The average Bonchev–Trinajstić information content (AvgIpc) is 2.07. The number of rotatable bonds is 5. The molecule has 0 aromatic carbocycles. The van der Waals surface area contributed by atoms with Crippen molar-refractivity contribution in [2.75, 3.05) is 0 Å². The zero-order valence-corrected chi connectivity index (χ0v) is 10.6. The minimum Gasteiger partial charge on any atom is -0.478 e. The number of hydrogen-bond donors (Lipinski definition) is 2. The Morgan fingerprint density at radius 1 is 1.06 bits per heavy atom. The summed E-state index contributed by atoms with van der Waals surface area (Å²) in [4.78, 5) is 31.4. The summed E-state index contributed by atoms with van der Waals surface area (Å²) >= 11 is 0. The normalized spacial score (nSPS) is 13.3. The van der Waals surface area contributed by atoms with Crippen molar-refractivity contribution in [1.82, 2.24) is 0 Å². The Kier molecular flexibility index (Phi) is 5.15. The van der Waals surface area contributed by atoms with Gasteiger partial charge in [-0.3, -0.25) is 0 Å². The minimum absolute atomic E-state index is 0.332. The van der Waals surface area contributed by atoms with Gasteiger partial charge in [-0.15, -0.1) is 0 Å². The molecule has 0 unspecified atom stereocenters. The Morgan fingerprint density at radius 3 is 1.76 bits per heavy atom. The van der Waals surface area contributed by atoms with Crippen molar-refractivity contribution in [3.8, 4) is 0 Å². The summed E-state index contributed by atoms with van der Waals surface area (Å²) in [7, 11) is 0. The minimum atomic E-state index is -1.47. The highest BCUT2D eigenvalue weighted by Crippen LogP contribution is 2.19. The summed E-state index contributed by atoms with van der Waals surface area (Å²) in [6.07, 6.45) is 0. The second-order valence-electron chi connectivity index (χ2n) is 4.79. The second kappa shape index (κ2) is 5.67. The van der Waals surface area contributed by atoms with Gasteiger partial charge in [0.05, 0.1) is 5.57 Å². The molecule has 0 aliphatic heterocycles. The Bertz CT molecular complexity index is 334. The number of carboxylic acid groups (broad SMARTS) is 2. The predicted molar refractivity (Wildman–Crippen MR) is 59.1 cm³/mol. The van der Waals surface area contributed by atoms with Gasteiger partial charge in [0.15, 0.2) is 0 Å². The fraction of sp³-hybridized carbons (Fsp3) is 0.636. The largest absolute Gasteiger partial charge is 0.478 e. The molecule has 0 aromatic rings. The van der Waals surface area contributed by atoms with Crippen molar-refractivity contribution in [3.05, 3.63) is 11.3 Å². The summed E-state index contributed by atoms with van der Waals surface area (Å²) in [5.41, 5.74) is -1.07. The first kappa shape index (κ1) is 15.4. The standard InChI is InChI=1S/C11H18O6/c1-6(2)7(9(12)13)8(10(14)15)16-17-11(3,4)5/h6H,1-5H3,(H,12,13)(H,14,15)/b8-7-. The molecule has 0 amide bonds. The predicted octanol–water partition coefficient (Wildman–Crippen LogP) is 1.81. The van der Waals surface area contributed by atoms with Gasteiger partial charge in [-0.2, -0.15) is 4.89 Å². The van der Waals surface area contributed by atoms with Gasteiger partial charge in [0.25, 0.3) is 5.76 Å². The molecular formula is C11H18O6. The fourth-order valence-corrected chi connectivity index (χ4v) is 0.969. The lowest BCUT2D eigenvalue weighted by atomic mass is 10.0. The smallest absolute Gasteiger partial charge is 0.375 e. The van der Waals surface area contributed by atoms with Gasteiger partial charge in [-0.1, -0.05) is 13.8 Å². The van der Waals surface area contributed by atoms with Crippen LogP contribution < -0.4 is 0 Å². The molecule has 98 valence electrons. The van der Waals surface area contributed by atoms with Crippen LogP contribution in [0.1, 0.15) is 34.6 Å². The highest BCUT2D eigenvalue weighted by atomic mass is 17.2. The SMILES string of the molecule is CC(C)/C(C(=O)O)=C(/OOC(C)(C)C)C(=O)O. The molecule has 2 N–H and O–H groups in total. The van der Waals surface area contributed by atoms with Crippen LogP contribution in [-0.4, -0.2) is 27.8 Å². The summed E-state index contributed by atoms with van der Waals surface area (Å²) in [6, 6.07) is 0. The lowest BCUT2D eigenvalue weighted by Gasteiger charge is -2.19. The van der Waals surface area contributed by atoms with Crippen molar-refractivity contribution in [3.63, 3.8) is 0 Å². The first-order valence-electron chi connectivity index (χ1n) is 5.12. The number of carboxylic acids is 2. The molecular weight excluding hydrogens is 228 g/mol. The van der Waals surface area contributed by atoms with Crippen molar-refractivity contribution in [2.24, 2.45) is 5.92 Å². The number of aliphatic carboxylic acids is 2. The highest BCUT2D eigenvalue weighted by molar-refractivity contribution is 5.97. The van der Waals surface area contributed by atoms with Gasteiger partial charge in [-0.25, -0.2) is 9.59 Å². The lowest BCUT2D eigenvalue weighted by molar-refractivity contribution is -0.321. The third-order valence-electron chi connectivity index (χ3n) is 1.62. The summed E-state index contributed by atoms with van der Waals surface area (Å²) < 4.78 is 0. The van der Waals surface area contributed by atoms with E-state index in [1.54, 1.807) is 34.6 Å². The van der Waals surface area contributed by atoms with E-state index in [1.165, 1.54) is 0 Å². The van der Waals surface area contributed by atoms with Crippen LogP contribution in [0, 0.1) is 5.92 Å². The molecule has 0 aromatic heterocycles. The first-order valence-corrected chi connectivity index (χ1v) is 5.12. The van der Waals surface area contributed by atoms with Gasteiger partial charge in [0.2, 0.25) is 0 Å². The van der Waals surface area contributed by atoms with E-state index in [4.69, 9.17) is 15.1 Å². The van der Waals surface area contributed by atoms with Crippen molar-refractivity contribution >= 4 is 11.9 Å². The molecule has 6 heteroatoms. The zero-order chi connectivity index (χ0) is 13.8. The van der Waals surface area contributed by atoms with Crippen molar-refractivity contribution < 1.29 is 29.6 Å². The van der Waals surface area contributed by atoms with Crippen molar-refractivity contribution in [2.45, 2.75) is 40.2 Å². The Balaban J connectivity index is 5.25. The maximum atomic E-state index is 11.0. The summed E-state index contributed by atoms with van der Waals surface area (Å²) in [5.74, 6) is -4.00. The van der Waals surface area contributed by atoms with E-state index in [9.17, 15) is 9.59 Å². The van der Waals surface area contributed by atoms with Crippen LogP contribution in [0.15, 0.2) is 11.3 Å². The molecule has 0 saturated heterocycles. The average molecular weight is 246 g/mol. The van der Waals surface area contributed by atoms with E-state index >= 15 is 0 Å². The van der Waals surface area contributed by atoms with E-state index in [0.717, 1.165) is 0 Å². The van der Waals surface area contributed by atoms with E-state index < -0.39 is 29.2 Å². The maximum absolute atomic E-state index is 11.0. The van der Waals surface area contributed by atoms with Crippen molar-refractivity contribution in [1.29, 1.82) is 0 Å². The number of hydrogen-bond acceptors (Lipinski definition) is 4. The van der Waals surface area contributed by atoms with Gasteiger partial charge >= 0.3 is 11.9 Å².